The van der Waals surface area contributed by atoms with Gasteiger partial charge in [0.15, 0.2) is 5.69 Å². The molecular formula is C12H12N2O3. The number of aliphatic hydroxyl groups excluding tert-OH is 1. The number of para-hydroxylation sites is 1. The number of hydrogen-bond donors (Lipinski definition) is 1. The van der Waals surface area contributed by atoms with Crippen LogP contribution in [0.15, 0.2) is 36.4 Å². The number of carbonyl (C=O) groups excluding carboxylic acids is 1. The van der Waals surface area contributed by atoms with Crippen LogP contribution in [0.5, 0.6) is 0 Å². The summed E-state index contributed by atoms with van der Waals surface area (Å²) in [5.74, 6) is -0.519. The van der Waals surface area contributed by atoms with Crippen LogP contribution in [0.4, 0.5) is 0 Å². The second kappa shape index (κ2) is 4.80. The summed E-state index contributed by atoms with van der Waals surface area (Å²) in [5.41, 5.74) is 1.50. The van der Waals surface area contributed by atoms with Crippen molar-refractivity contribution >= 4 is 5.97 Å². The zero-order chi connectivity index (χ0) is 12.3. The second-order valence-electron chi connectivity index (χ2n) is 3.42. The van der Waals surface area contributed by atoms with Crippen LogP contribution < -0.4 is 0 Å². The Balaban J connectivity index is 2.47. The smallest absolute Gasteiger partial charge is 0.358 e. The summed E-state index contributed by atoms with van der Waals surface area (Å²) in [5, 5.41) is 13.3. The van der Waals surface area contributed by atoms with Crippen molar-refractivity contribution in [2.24, 2.45) is 0 Å². The molecule has 0 aliphatic carbocycles. The van der Waals surface area contributed by atoms with E-state index in [2.05, 4.69) is 9.84 Å². The van der Waals surface area contributed by atoms with Crippen molar-refractivity contribution in [1.82, 2.24) is 9.78 Å². The van der Waals surface area contributed by atoms with E-state index in [1.807, 2.05) is 30.3 Å². The van der Waals surface area contributed by atoms with E-state index in [-0.39, 0.29) is 12.3 Å². The van der Waals surface area contributed by atoms with Gasteiger partial charge in [-0.3, -0.25) is 0 Å². The Kier molecular flexibility index (Phi) is 3.20. The van der Waals surface area contributed by atoms with Crippen molar-refractivity contribution in [3.05, 3.63) is 47.8 Å². The predicted octanol–water partition coefficient (Wildman–Crippen LogP) is 1.15. The average molecular weight is 232 g/mol. The van der Waals surface area contributed by atoms with Gasteiger partial charge in [-0.2, -0.15) is 5.10 Å². The number of aliphatic hydroxyl groups is 1. The zero-order valence-electron chi connectivity index (χ0n) is 9.33. The van der Waals surface area contributed by atoms with Crippen LogP contribution in [0.1, 0.15) is 16.2 Å². The van der Waals surface area contributed by atoms with E-state index in [4.69, 9.17) is 0 Å². The maximum atomic E-state index is 11.3. The van der Waals surface area contributed by atoms with Gasteiger partial charge in [-0.15, -0.1) is 0 Å². The first-order valence-corrected chi connectivity index (χ1v) is 5.10. The van der Waals surface area contributed by atoms with E-state index in [1.165, 1.54) is 17.9 Å². The van der Waals surface area contributed by atoms with E-state index in [9.17, 15) is 9.90 Å². The first kappa shape index (κ1) is 11.3. The Morgan fingerprint density at radius 2 is 2.12 bits per heavy atom. The first-order chi connectivity index (χ1) is 8.26. The number of ether oxygens (including phenoxy) is 1. The van der Waals surface area contributed by atoms with Crippen molar-refractivity contribution in [1.29, 1.82) is 0 Å². The van der Waals surface area contributed by atoms with Crippen LogP contribution >= 0.6 is 0 Å². The molecule has 0 unspecified atom stereocenters. The lowest BCUT2D eigenvalue weighted by Gasteiger charge is -2.04. The standard InChI is InChI=1S/C12H12N2O3/c1-17-12(16)11-7-10(8-15)14(13-11)9-5-3-2-4-6-9/h2-7,15H,8H2,1H3. The third-order valence-electron chi connectivity index (χ3n) is 2.34. The number of nitrogens with zero attached hydrogens (tertiary/aromatic N) is 2. The lowest BCUT2D eigenvalue weighted by atomic mass is 10.3. The monoisotopic (exact) mass is 232 g/mol. The predicted molar refractivity (Wildman–Crippen MR) is 60.8 cm³/mol. The minimum atomic E-state index is -0.519. The number of esters is 1. The minimum Gasteiger partial charge on any atom is -0.464 e. The Labute approximate surface area is 98.3 Å². The van der Waals surface area contributed by atoms with Crippen molar-refractivity contribution in [2.75, 3.05) is 7.11 Å². The molecule has 88 valence electrons. The Bertz CT molecular complexity index is 520. The molecule has 1 N–H and O–H groups in total. The van der Waals surface area contributed by atoms with Crippen molar-refractivity contribution in [2.45, 2.75) is 6.61 Å². The van der Waals surface area contributed by atoms with Crippen LogP contribution in [-0.2, 0) is 11.3 Å². The lowest BCUT2D eigenvalue weighted by molar-refractivity contribution is 0.0593. The highest BCUT2D eigenvalue weighted by molar-refractivity contribution is 5.87. The van der Waals surface area contributed by atoms with Crippen molar-refractivity contribution < 1.29 is 14.6 Å². The molecular weight excluding hydrogens is 220 g/mol. The van der Waals surface area contributed by atoms with Crippen molar-refractivity contribution in [3.8, 4) is 5.69 Å². The van der Waals surface area contributed by atoms with Crippen molar-refractivity contribution in [3.63, 3.8) is 0 Å². The Morgan fingerprint density at radius 3 is 2.71 bits per heavy atom. The third kappa shape index (κ3) is 2.19. The highest BCUT2D eigenvalue weighted by Gasteiger charge is 2.14. The molecule has 0 saturated carbocycles. The molecule has 1 aromatic carbocycles. The van der Waals surface area contributed by atoms with E-state index < -0.39 is 5.97 Å². The fourth-order valence-corrected chi connectivity index (χ4v) is 1.53. The van der Waals surface area contributed by atoms with E-state index in [0.717, 1.165) is 5.69 Å². The highest BCUT2D eigenvalue weighted by Crippen LogP contribution is 2.13. The van der Waals surface area contributed by atoms with Gasteiger partial charge >= 0.3 is 5.97 Å². The summed E-state index contributed by atoms with van der Waals surface area (Å²) >= 11 is 0. The van der Waals surface area contributed by atoms with Gasteiger partial charge in [0, 0.05) is 0 Å². The van der Waals surface area contributed by atoms with Gasteiger partial charge in [-0.25, -0.2) is 9.48 Å². The maximum absolute atomic E-state index is 11.3. The fraction of sp³-hybridized carbons (Fsp3) is 0.167. The number of methoxy groups -OCH3 is 1. The number of benzene rings is 1. The van der Waals surface area contributed by atoms with Crippen LogP contribution in [0.2, 0.25) is 0 Å². The summed E-state index contributed by atoms with van der Waals surface area (Å²) in [7, 11) is 1.29. The van der Waals surface area contributed by atoms with Crippen LogP contribution in [0, 0.1) is 0 Å². The highest BCUT2D eigenvalue weighted by atomic mass is 16.5. The van der Waals surface area contributed by atoms with E-state index >= 15 is 0 Å². The molecule has 0 aliphatic rings. The van der Waals surface area contributed by atoms with Gasteiger partial charge < -0.3 is 9.84 Å². The summed E-state index contributed by atoms with van der Waals surface area (Å²) in [6.07, 6.45) is 0. The van der Waals surface area contributed by atoms with Crippen LogP contribution in [0.3, 0.4) is 0 Å². The molecule has 17 heavy (non-hydrogen) atoms. The maximum Gasteiger partial charge on any atom is 0.358 e. The number of carbonyl (C=O) groups is 1. The summed E-state index contributed by atoms with van der Waals surface area (Å²) < 4.78 is 6.11. The normalized spacial score (nSPS) is 10.2. The Morgan fingerprint density at radius 1 is 1.41 bits per heavy atom. The molecule has 5 heteroatoms. The van der Waals surface area contributed by atoms with Crippen LogP contribution in [0.25, 0.3) is 5.69 Å². The lowest BCUT2D eigenvalue weighted by Crippen LogP contribution is -2.05. The number of aromatic nitrogens is 2. The van der Waals surface area contributed by atoms with Gasteiger partial charge in [0.2, 0.25) is 0 Å². The quantitative estimate of drug-likeness (QED) is 0.806. The summed E-state index contributed by atoms with van der Waals surface area (Å²) in [4.78, 5) is 11.3. The molecule has 0 atom stereocenters. The molecule has 2 aromatic rings. The van der Waals surface area contributed by atoms with Gasteiger partial charge in [0.1, 0.15) is 0 Å². The molecule has 0 fully saturated rings. The number of hydrogen-bond acceptors (Lipinski definition) is 4. The largest absolute Gasteiger partial charge is 0.464 e. The second-order valence-corrected chi connectivity index (χ2v) is 3.42. The SMILES string of the molecule is COC(=O)c1cc(CO)n(-c2ccccc2)n1. The topological polar surface area (TPSA) is 64.3 Å². The molecule has 0 saturated heterocycles. The summed E-state index contributed by atoms with van der Waals surface area (Å²) in [6, 6.07) is 10.8. The molecule has 0 bridgehead atoms. The zero-order valence-corrected chi connectivity index (χ0v) is 9.33. The van der Waals surface area contributed by atoms with Gasteiger partial charge in [-0.1, -0.05) is 18.2 Å². The first-order valence-electron chi connectivity index (χ1n) is 5.10. The Hall–Kier alpha value is -2.14. The minimum absolute atomic E-state index is 0.181. The van der Waals surface area contributed by atoms with Gasteiger partial charge in [-0.05, 0) is 18.2 Å². The average Bonchev–Trinajstić information content (AvgIpc) is 2.83. The molecule has 0 amide bonds. The van der Waals surface area contributed by atoms with Crippen LogP contribution in [-0.4, -0.2) is 28.0 Å². The van der Waals surface area contributed by atoms with Gasteiger partial charge in [0.05, 0.1) is 25.1 Å². The third-order valence-corrected chi connectivity index (χ3v) is 2.34. The fourth-order valence-electron chi connectivity index (χ4n) is 1.53. The molecule has 2 rings (SSSR count). The molecule has 0 radical (unpaired) electrons. The van der Waals surface area contributed by atoms with E-state index in [1.54, 1.807) is 0 Å². The van der Waals surface area contributed by atoms with E-state index in [0.29, 0.717) is 5.69 Å². The molecule has 0 spiro atoms. The molecule has 0 aliphatic heterocycles. The molecule has 1 heterocycles. The summed E-state index contributed by atoms with van der Waals surface area (Å²) in [6.45, 7) is -0.196. The van der Waals surface area contributed by atoms with Gasteiger partial charge in [0.25, 0.3) is 0 Å². The number of rotatable bonds is 3. The molecule has 1 aromatic heterocycles. The molecule has 5 nitrogen and oxygen atoms in total.